The summed E-state index contributed by atoms with van der Waals surface area (Å²) in [5.74, 6) is 0.889. The Bertz CT molecular complexity index is 1080. The minimum absolute atomic E-state index is 0.223. The number of sulfonamides is 1. The lowest BCUT2D eigenvalue weighted by molar-refractivity contribution is 0.491. The van der Waals surface area contributed by atoms with Gasteiger partial charge < -0.3 is 5.73 Å². The molecule has 3 N–H and O–H groups in total. The molecule has 0 spiro atoms. The van der Waals surface area contributed by atoms with E-state index in [9.17, 15) is 8.42 Å². The third-order valence-electron chi connectivity index (χ3n) is 4.39. The van der Waals surface area contributed by atoms with Crippen molar-refractivity contribution in [2.45, 2.75) is 51.0 Å². The third-order valence-corrected chi connectivity index (χ3v) is 6.15. The van der Waals surface area contributed by atoms with Gasteiger partial charge in [0.15, 0.2) is 0 Å². The van der Waals surface area contributed by atoms with Gasteiger partial charge in [-0.3, -0.25) is 4.57 Å². The van der Waals surface area contributed by atoms with E-state index < -0.39 is 15.6 Å². The van der Waals surface area contributed by atoms with Crippen LogP contribution in [0.15, 0.2) is 47.4 Å². The van der Waals surface area contributed by atoms with Crippen LogP contribution >= 0.6 is 0 Å². The molecule has 0 atom stereocenters. The second kappa shape index (κ2) is 7.66. The van der Waals surface area contributed by atoms with Crippen molar-refractivity contribution in [3.05, 3.63) is 53.9 Å². The highest BCUT2D eigenvalue weighted by Crippen LogP contribution is 2.25. The molecule has 3 rings (SSSR count). The number of hydrogen-bond donors (Lipinski definition) is 2. The Balaban J connectivity index is 2.08. The van der Waals surface area contributed by atoms with Crippen LogP contribution in [0.5, 0.6) is 0 Å². The zero-order valence-electron chi connectivity index (χ0n) is 16.9. The topological polar surface area (TPSA) is 90.0 Å². The summed E-state index contributed by atoms with van der Waals surface area (Å²) in [6.07, 6.45) is 1.58. The maximum absolute atomic E-state index is 12.7. The van der Waals surface area contributed by atoms with Crippen molar-refractivity contribution in [3.63, 3.8) is 0 Å². The molecule has 0 aliphatic carbocycles. The minimum atomic E-state index is -3.61. The summed E-state index contributed by atoms with van der Waals surface area (Å²) in [5.41, 5.74) is 8.83. The molecule has 1 heterocycles. The van der Waals surface area contributed by atoms with E-state index >= 15 is 0 Å². The predicted octanol–water partition coefficient (Wildman–Crippen LogP) is 3.17. The molecule has 0 radical (unpaired) electrons. The second-order valence-electron chi connectivity index (χ2n) is 7.93. The standard InChI is InChI=1S/C21H28N4O2S/c1-5-20-23-18-14-17(28(26,27)24-21(2,3)4)10-11-19(18)25(20)16-8-6-15(7-9-16)12-13-22/h6-11,14,24H,5,12-13,22H2,1-4H3. The molecule has 2 aromatic carbocycles. The molecule has 0 aliphatic heterocycles. The largest absolute Gasteiger partial charge is 0.330 e. The zero-order valence-corrected chi connectivity index (χ0v) is 17.7. The minimum Gasteiger partial charge on any atom is -0.330 e. The number of nitrogens with one attached hydrogen (secondary N) is 1. The molecule has 3 aromatic rings. The Morgan fingerprint density at radius 1 is 1.11 bits per heavy atom. The molecule has 0 aliphatic rings. The first kappa shape index (κ1) is 20.5. The molecular formula is C21H28N4O2S. The van der Waals surface area contributed by atoms with Crippen LogP contribution in [0.4, 0.5) is 0 Å². The van der Waals surface area contributed by atoms with E-state index in [0.29, 0.717) is 12.1 Å². The Morgan fingerprint density at radius 2 is 1.79 bits per heavy atom. The maximum Gasteiger partial charge on any atom is 0.241 e. The fourth-order valence-electron chi connectivity index (χ4n) is 3.24. The van der Waals surface area contributed by atoms with Crippen LogP contribution in [0.1, 0.15) is 39.1 Å². The van der Waals surface area contributed by atoms with Crippen molar-refractivity contribution >= 4 is 21.1 Å². The Hall–Kier alpha value is -2.22. The molecule has 0 bridgehead atoms. The number of aryl methyl sites for hydroxylation is 1. The van der Waals surface area contributed by atoms with Crippen LogP contribution in [-0.2, 0) is 22.9 Å². The lowest BCUT2D eigenvalue weighted by atomic mass is 10.1. The first-order valence-corrected chi connectivity index (χ1v) is 11.0. The van der Waals surface area contributed by atoms with Crippen LogP contribution < -0.4 is 10.5 Å². The second-order valence-corrected chi connectivity index (χ2v) is 9.61. The van der Waals surface area contributed by atoms with Gasteiger partial charge in [-0.1, -0.05) is 19.1 Å². The molecule has 0 amide bonds. The summed E-state index contributed by atoms with van der Waals surface area (Å²) >= 11 is 0. The number of aromatic nitrogens is 2. The summed E-state index contributed by atoms with van der Waals surface area (Å²) in [6, 6.07) is 13.3. The zero-order chi connectivity index (χ0) is 20.5. The number of benzene rings is 2. The van der Waals surface area contributed by atoms with Crippen LogP contribution in [0.2, 0.25) is 0 Å². The normalized spacial score (nSPS) is 12.6. The third kappa shape index (κ3) is 4.27. The fraction of sp³-hybridized carbons (Fsp3) is 0.381. The molecular weight excluding hydrogens is 372 g/mol. The van der Waals surface area contributed by atoms with Gasteiger partial charge in [0.1, 0.15) is 5.82 Å². The van der Waals surface area contributed by atoms with Gasteiger partial charge in [-0.2, -0.15) is 0 Å². The number of fused-ring (bicyclic) bond motifs is 1. The molecule has 150 valence electrons. The van der Waals surface area contributed by atoms with E-state index in [0.717, 1.165) is 29.9 Å². The number of nitrogens with two attached hydrogens (primary N) is 1. The lowest BCUT2D eigenvalue weighted by Gasteiger charge is -2.20. The number of hydrogen-bond acceptors (Lipinski definition) is 4. The summed E-state index contributed by atoms with van der Waals surface area (Å²) in [7, 11) is -3.61. The monoisotopic (exact) mass is 400 g/mol. The van der Waals surface area contributed by atoms with Crippen molar-refractivity contribution in [3.8, 4) is 5.69 Å². The number of imidazole rings is 1. The molecule has 7 heteroatoms. The lowest BCUT2D eigenvalue weighted by Crippen LogP contribution is -2.40. The summed E-state index contributed by atoms with van der Waals surface area (Å²) in [4.78, 5) is 4.91. The maximum atomic E-state index is 12.7. The van der Waals surface area contributed by atoms with E-state index in [1.165, 1.54) is 5.56 Å². The van der Waals surface area contributed by atoms with E-state index in [1.807, 2.05) is 33.8 Å². The van der Waals surface area contributed by atoms with Crippen molar-refractivity contribution in [1.82, 2.24) is 14.3 Å². The number of nitrogens with zero attached hydrogens (tertiary/aromatic N) is 2. The van der Waals surface area contributed by atoms with Crippen LogP contribution in [0.25, 0.3) is 16.7 Å². The quantitative estimate of drug-likeness (QED) is 0.665. The Morgan fingerprint density at radius 3 is 2.36 bits per heavy atom. The van der Waals surface area contributed by atoms with Crippen molar-refractivity contribution < 1.29 is 8.42 Å². The summed E-state index contributed by atoms with van der Waals surface area (Å²) in [6.45, 7) is 8.12. The fourth-order valence-corrected chi connectivity index (χ4v) is 4.68. The molecule has 28 heavy (non-hydrogen) atoms. The molecule has 0 saturated heterocycles. The van der Waals surface area contributed by atoms with Gasteiger partial charge in [0.05, 0.1) is 15.9 Å². The van der Waals surface area contributed by atoms with Gasteiger partial charge in [0, 0.05) is 17.6 Å². The molecule has 0 unspecified atom stereocenters. The van der Waals surface area contributed by atoms with Crippen LogP contribution in [-0.4, -0.2) is 30.1 Å². The van der Waals surface area contributed by atoms with E-state index in [2.05, 4.69) is 38.5 Å². The smallest absolute Gasteiger partial charge is 0.241 e. The first-order valence-electron chi connectivity index (χ1n) is 9.49. The van der Waals surface area contributed by atoms with Gasteiger partial charge >= 0.3 is 0 Å². The van der Waals surface area contributed by atoms with Crippen LogP contribution in [0, 0.1) is 0 Å². The first-order chi connectivity index (χ1) is 13.1. The average molecular weight is 401 g/mol. The average Bonchev–Trinajstić information content (AvgIpc) is 2.98. The van der Waals surface area contributed by atoms with Gasteiger partial charge in [0.25, 0.3) is 0 Å². The highest BCUT2D eigenvalue weighted by atomic mass is 32.2. The van der Waals surface area contributed by atoms with E-state index in [-0.39, 0.29) is 4.90 Å². The van der Waals surface area contributed by atoms with E-state index in [1.54, 1.807) is 12.1 Å². The van der Waals surface area contributed by atoms with Gasteiger partial charge in [-0.25, -0.2) is 18.1 Å². The van der Waals surface area contributed by atoms with Gasteiger partial charge in [0.2, 0.25) is 10.0 Å². The Labute approximate surface area is 166 Å². The predicted molar refractivity (Wildman–Crippen MR) is 113 cm³/mol. The summed E-state index contributed by atoms with van der Waals surface area (Å²) < 4.78 is 30.1. The van der Waals surface area contributed by atoms with Crippen molar-refractivity contribution in [2.75, 3.05) is 6.54 Å². The highest BCUT2D eigenvalue weighted by Gasteiger charge is 2.23. The van der Waals surface area contributed by atoms with Gasteiger partial charge in [-0.15, -0.1) is 0 Å². The SMILES string of the molecule is CCc1nc2cc(S(=O)(=O)NC(C)(C)C)ccc2n1-c1ccc(CCN)cc1. The molecule has 0 fully saturated rings. The van der Waals surface area contributed by atoms with Crippen molar-refractivity contribution in [1.29, 1.82) is 0 Å². The number of rotatable bonds is 6. The highest BCUT2D eigenvalue weighted by molar-refractivity contribution is 7.89. The van der Waals surface area contributed by atoms with Gasteiger partial charge in [-0.05, 0) is 69.6 Å². The van der Waals surface area contributed by atoms with Crippen LogP contribution in [0.3, 0.4) is 0 Å². The molecule has 6 nitrogen and oxygen atoms in total. The molecule has 0 saturated carbocycles. The Kier molecular flexibility index (Phi) is 5.61. The summed E-state index contributed by atoms with van der Waals surface area (Å²) in [5, 5.41) is 0. The van der Waals surface area contributed by atoms with E-state index in [4.69, 9.17) is 5.73 Å². The molecule has 1 aromatic heterocycles. The van der Waals surface area contributed by atoms with Crippen molar-refractivity contribution in [2.24, 2.45) is 5.73 Å².